The van der Waals surface area contributed by atoms with Crippen LogP contribution in [-0.4, -0.2) is 5.97 Å². The topological polar surface area (TPSA) is 26.3 Å². The average Bonchev–Trinajstić information content (AvgIpc) is 2.61. The predicted octanol–water partition coefficient (Wildman–Crippen LogP) is 1.96. The van der Waals surface area contributed by atoms with Gasteiger partial charge in [0.15, 0.2) is 6.10 Å². The Hall–Kier alpha value is -1.31. The van der Waals surface area contributed by atoms with E-state index in [4.69, 9.17) is 4.74 Å². The van der Waals surface area contributed by atoms with Gasteiger partial charge in [-0.25, -0.2) is 0 Å². The van der Waals surface area contributed by atoms with E-state index in [0.717, 1.165) is 11.1 Å². The van der Waals surface area contributed by atoms with Crippen molar-refractivity contribution in [1.29, 1.82) is 0 Å². The molecule has 0 heterocycles. The Labute approximate surface area is 71.2 Å². The smallest absolute Gasteiger partial charge is 0.303 e. The summed E-state index contributed by atoms with van der Waals surface area (Å²) >= 11 is 0. The van der Waals surface area contributed by atoms with Crippen LogP contribution in [0.5, 0.6) is 0 Å². The number of carbonyl (C=O) groups is 1. The first-order valence-electron chi connectivity index (χ1n) is 3.96. The van der Waals surface area contributed by atoms with E-state index >= 15 is 0 Å². The van der Waals surface area contributed by atoms with Crippen LogP contribution in [0.1, 0.15) is 29.7 Å². The van der Waals surface area contributed by atoms with E-state index in [2.05, 4.69) is 6.07 Å². The van der Waals surface area contributed by atoms with Crippen molar-refractivity contribution in [3.05, 3.63) is 34.9 Å². The van der Waals surface area contributed by atoms with Crippen molar-refractivity contribution >= 4 is 5.97 Å². The Kier molecular flexibility index (Phi) is 1.43. The van der Waals surface area contributed by atoms with Crippen molar-refractivity contribution in [3.63, 3.8) is 0 Å². The van der Waals surface area contributed by atoms with Crippen LogP contribution in [0.4, 0.5) is 0 Å². The molecule has 0 saturated heterocycles. The van der Waals surface area contributed by atoms with Crippen LogP contribution in [0.25, 0.3) is 0 Å². The second-order valence-corrected chi connectivity index (χ2v) is 3.12. The Morgan fingerprint density at radius 1 is 1.42 bits per heavy atom. The van der Waals surface area contributed by atoms with Gasteiger partial charge in [0.1, 0.15) is 0 Å². The first kappa shape index (κ1) is 7.35. The molecule has 1 aromatic carbocycles. The standard InChI is InChI=1S/C10H10O2/c1-6-3-4-8-9(5-6)10(8)12-7(2)11/h3-5,10H,1-2H3. The average molecular weight is 162 g/mol. The number of ether oxygens (including phenoxy) is 1. The maximum absolute atomic E-state index is 10.6. The molecule has 2 heteroatoms. The van der Waals surface area contributed by atoms with Crippen LogP contribution in [-0.2, 0) is 9.53 Å². The molecular weight excluding hydrogens is 152 g/mol. The number of hydrogen-bond acceptors (Lipinski definition) is 2. The summed E-state index contributed by atoms with van der Waals surface area (Å²) in [7, 11) is 0. The molecule has 2 nitrogen and oxygen atoms in total. The normalized spacial score (nSPS) is 18.3. The monoisotopic (exact) mass is 162 g/mol. The molecule has 0 amide bonds. The predicted molar refractivity (Wildman–Crippen MR) is 44.8 cm³/mol. The fourth-order valence-corrected chi connectivity index (χ4v) is 1.38. The summed E-state index contributed by atoms with van der Waals surface area (Å²) < 4.78 is 5.05. The van der Waals surface area contributed by atoms with Crippen molar-refractivity contribution in [1.82, 2.24) is 0 Å². The van der Waals surface area contributed by atoms with Crippen LogP contribution in [0.2, 0.25) is 0 Å². The van der Waals surface area contributed by atoms with Gasteiger partial charge in [0.25, 0.3) is 0 Å². The highest BCUT2D eigenvalue weighted by Gasteiger charge is 2.35. The molecule has 1 aromatic rings. The molecule has 1 atom stereocenters. The second-order valence-electron chi connectivity index (χ2n) is 3.12. The zero-order valence-electron chi connectivity index (χ0n) is 7.13. The zero-order chi connectivity index (χ0) is 8.72. The number of hydrogen-bond donors (Lipinski definition) is 0. The highest BCUT2D eigenvalue weighted by molar-refractivity contribution is 5.69. The lowest BCUT2D eigenvalue weighted by Gasteiger charge is -1.94. The highest BCUT2D eigenvalue weighted by atomic mass is 16.5. The number of rotatable bonds is 1. The van der Waals surface area contributed by atoms with E-state index < -0.39 is 0 Å². The minimum Gasteiger partial charge on any atom is -0.453 e. The van der Waals surface area contributed by atoms with Gasteiger partial charge < -0.3 is 4.74 Å². The summed E-state index contributed by atoms with van der Waals surface area (Å²) in [5.41, 5.74) is 3.52. The van der Waals surface area contributed by atoms with Crippen molar-refractivity contribution in [2.45, 2.75) is 20.0 Å². The van der Waals surface area contributed by atoms with E-state index in [0.29, 0.717) is 0 Å². The number of esters is 1. The molecule has 2 rings (SSSR count). The Morgan fingerprint density at radius 2 is 2.17 bits per heavy atom. The molecule has 0 saturated carbocycles. The Balaban J connectivity index is 2.16. The van der Waals surface area contributed by atoms with E-state index in [-0.39, 0.29) is 12.1 Å². The molecule has 1 aliphatic carbocycles. The largest absolute Gasteiger partial charge is 0.453 e. The summed E-state index contributed by atoms with van der Waals surface area (Å²) in [6.45, 7) is 3.47. The van der Waals surface area contributed by atoms with Crippen LogP contribution >= 0.6 is 0 Å². The summed E-state index contributed by atoms with van der Waals surface area (Å²) in [5, 5.41) is 0. The van der Waals surface area contributed by atoms with Crippen molar-refractivity contribution in [3.8, 4) is 0 Å². The van der Waals surface area contributed by atoms with Gasteiger partial charge in [-0.2, -0.15) is 0 Å². The van der Waals surface area contributed by atoms with Gasteiger partial charge in [-0.1, -0.05) is 23.8 Å². The SMILES string of the molecule is CC(=O)OC1c2ccc(C)cc21. The number of fused-ring (bicyclic) bond motifs is 1. The van der Waals surface area contributed by atoms with E-state index in [1.165, 1.54) is 12.5 Å². The van der Waals surface area contributed by atoms with Gasteiger partial charge in [-0.3, -0.25) is 4.79 Å². The summed E-state index contributed by atoms with van der Waals surface area (Å²) in [6.07, 6.45) is -0.0452. The minimum absolute atomic E-state index is 0.0452. The maximum Gasteiger partial charge on any atom is 0.303 e. The lowest BCUT2D eigenvalue weighted by Crippen LogP contribution is -1.95. The maximum atomic E-state index is 10.6. The molecule has 0 aromatic heterocycles. The third-order valence-electron chi connectivity index (χ3n) is 2.01. The fourth-order valence-electron chi connectivity index (χ4n) is 1.38. The van der Waals surface area contributed by atoms with E-state index in [1.807, 2.05) is 19.1 Å². The first-order valence-corrected chi connectivity index (χ1v) is 3.96. The molecule has 62 valence electrons. The van der Waals surface area contributed by atoms with E-state index in [9.17, 15) is 4.79 Å². The zero-order valence-corrected chi connectivity index (χ0v) is 7.13. The van der Waals surface area contributed by atoms with Crippen LogP contribution in [0.15, 0.2) is 18.2 Å². The third kappa shape index (κ3) is 1.09. The molecule has 1 unspecified atom stereocenters. The summed E-state index contributed by atoms with van der Waals surface area (Å²) in [6, 6.07) is 6.10. The first-order chi connectivity index (χ1) is 5.68. The number of benzene rings is 1. The van der Waals surface area contributed by atoms with Crippen molar-refractivity contribution in [2.24, 2.45) is 0 Å². The molecule has 0 fully saturated rings. The quantitative estimate of drug-likeness (QED) is 0.590. The van der Waals surface area contributed by atoms with Crippen LogP contribution < -0.4 is 0 Å². The van der Waals surface area contributed by atoms with E-state index in [1.54, 1.807) is 0 Å². The Morgan fingerprint density at radius 3 is 2.75 bits per heavy atom. The summed E-state index contributed by atoms with van der Waals surface area (Å²) in [4.78, 5) is 10.6. The number of aryl methyl sites for hydroxylation is 1. The molecule has 0 N–H and O–H groups in total. The van der Waals surface area contributed by atoms with Gasteiger partial charge >= 0.3 is 5.97 Å². The highest BCUT2D eigenvalue weighted by Crippen LogP contribution is 2.44. The third-order valence-corrected chi connectivity index (χ3v) is 2.01. The van der Waals surface area contributed by atoms with Gasteiger partial charge in [0, 0.05) is 18.1 Å². The minimum atomic E-state index is -0.214. The van der Waals surface area contributed by atoms with Crippen molar-refractivity contribution < 1.29 is 9.53 Å². The van der Waals surface area contributed by atoms with Gasteiger partial charge in [-0.05, 0) is 6.92 Å². The molecule has 12 heavy (non-hydrogen) atoms. The molecular formula is C10H10O2. The summed E-state index contributed by atoms with van der Waals surface area (Å²) in [5.74, 6) is -0.214. The van der Waals surface area contributed by atoms with Crippen molar-refractivity contribution in [2.75, 3.05) is 0 Å². The fraction of sp³-hybridized carbons (Fsp3) is 0.300. The lowest BCUT2D eigenvalue weighted by atomic mass is 10.2. The molecule has 0 spiro atoms. The van der Waals surface area contributed by atoms with Gasteiger partial charge in [0.2, 0.25) is 0 Å². The molecule has 0 radical (unpaired) electrons. The molecule has 1 aliphatic rings. The van der Waals surface area contributed by atoms with Crippen LogP contribution in [0.3, 0.4) is 0 Å². The lowest BCUT2D eigenvalue weighted by molar-refractivity contribution is -0.142. The van der Waals surface area contributed by atoms with Gasteiger partial charge in [0.05, 0.1) is 0 Å². The number of carbonyl (C=O) groups excluding carboxylic acids is 1. The Bertz CT molecular complexity index is 342. The molecule has 0 bridgehead atoms. The van der Waals surface area contributed by atoms with Gasteiger partial charge in [-0.15, -0.1) is 0 Å². The second kappa shape index (κ2) is 2.34. The molecule has 0 aliphatic heterocycles. The van der Waals surface area contributed by atoms with Crippen LogP contribution in [0, 0.1) is 6.92 Å².